The normalized spacial score (nSPS) is 13.8. The van der Waals surface area contributed by atoms with Gasteiger partial charge in [0.2, 0.25) is 0 Å². The maximum atomic E-state index is 2.47. The molecule has 0 aromatic heterocycles. The summed E-state index contributed by atoms with van der Waals surface area (Å²) in [5.41, 5.74) is 8.01. The van der Waals surface area contributed by atoms with E-state index in [2.05, 4.69) is 89.2 Å². The van der Waals surface area contributed by atoms with Crippen molar-refractivity contribution in [3.05, 3.63) is 74.6 Å². The Labute approximate surface area is 196 Å². The molecule has 0 aliphatic heterocycles. The van der Waals surface area contributed by atoms with E-state index in [1.807, 2.05) is 3.28 Å². The van der Waals surface area contributed by atoms with E-state index in [1.165, 1.54) is 29.5 Å². The number of rotatable bonds is 4. The molecule has 0 saturated carbocycles. The van der Waals surface area contributed by atoms with E-state index in [0.29, 0.717) is 0 Å². The van der Waals surface area contributed by atoms with Crippen LogP contribution in [0.15, 0.2) is 63.5 Å². The van der Waals surface area contributed by atoms with E-state index >= 15 is 0 Å². The minimum Gasteiger partial charge on any atom is -1.00 e. The van der Waals surface area contributed by atoms with Gasteiger partial charge in [-0.15, -0.1) is 0 Å². The Kier molecular flexibility index (Phi) is 8.11. The molecule has 0 saturated heterocycles. The first-order valence-corrected chi connectivity index (χ1v) is 13.9. The summed E-state index contributed by atoms with van der Waals surface area (Å²) in [6, 6.07) is 16.1. The van der Waals surface area contributed by atoms with Crippen LogP contribution < -0.4 is 28.1 Å². The van der Waals surface area contributed by atoms with Crippen LogP contribution >= 0.6 is 0 Å². The molecular formula is C26H30Cl2Zr. The van der Waals surface area contributed by atoms with Crippen molar-refractivity contribution in [3.8, 4) is 11.1 Å². The Bertz CT molecular complexity index is 1010. The summed E-state index contributed by atoms with van der Waals surface area (Å²) < 4.78 is 5.23. The predicted molar refractivity (Wildman–Crippen MR) is 116 cm³/mol. The molecular weight excluding hydrogens is 474 g/mol. The zero-order valence-electron chi connectivity index (χ0n) is 18.1. The van der Waals surface area contributed by atoms with Crippen LogP contribution in [-0.4, -0.2) is 3.21 Å². The van der Waals surface area contributed by atoms with E-state index in [9.17, 15) is 0 Å². The predicted octanol–water partition coefficient (Wildman–Crippen LogP) is 0.372. The summed E-state index contributed by atoms with van der Waals surface area (Å²) >= 11 is -2.06. The second kappa shape index (κ2) is 9.59. The number of benzene rings is 2. The Morgan fingerprint density at radius 2 is 1.66 bits per heavy atom. The molecule has 2 aromatic carbocycles. The van der Waals surface area contributed by atoms with Gasteiger partial charge in [-0.1, -0.05) is 0 Å². The van der Waals surface area contributed by atoms with Crippen LogP contribution in [-0.2, 0) is 27.7 Å². The van der Waals surface area contributed by atoms with E-state index in [1.54, 1.807) is 17.6 Å². The second-order valence-corrected chi connectivity index (χ2v) is 15.9. The van der Waals surface area contributed by atoms with Crippen molar-refractivity contribution in [3.63, 3.8) is 0 Å². The molecule has 0 N–H and O–H groups in total. The van der Waals surface area contributed by atoms with Gasteiger partial charge in [0.25, 0.3) is 0 Å². The molecule has 0 bridgehead atoms. The first-order valence-electron chi connectivity index (χ1n) is 10.2. The Morgan fingerprint density at radius 3 is 2.34 bits per heavy atom. The van der Waals surface area contributed by atoms with Crippen molar-refractivity contribution >= 4 is 6.48 Å². The largest absolute Gasteiger partial charge is 1.00 e. The number of hydrogen-bond donors (Lipinski definition) is 0. The number of allylic oxidation sites excluding steroid dienone is 4. The number of fused-ring (bicyclic) bond motifs is 3. The van der Waals surface area contributed by atoms with Crippen LogP contribution in [0.2, 0.25) is 0 Å². The van der Waals surface area contributed by atoms with Gasteiger partial charge in [0.1, 0.15) is 0 Å². The molecule has 0 unspecified atom stereocenters. The molecule has 29 heavy (non-hydrogen) atoms. The molecule has 0 heterocycles. The van der Waals surface area contributed by atoms with Gasteiger partial charge in [0.15, 0.2) is 0 Å². The quantitative estimate of drug-likeness (QED) is 0.482. The zero-order chi connectivity index (χ0) is 19.2. The van der Waals surface area contributed by atoms with Gasteiger partial charge < -0.3 is 24.8 Å². The molecule has 2 aliphatic carbocycles. The van der Waals surface area contributed by atoms with Crippen LogP contribution in [0.25, 0.3) is 11.1 Å². The Morgan fingerprint density at radius 1 is 0.966 bits per heavy atom. The summed E-state index contributed by atoms with van der Waals surface area (Å²) in [6.07, 6.45) is 8.36. The van der Waals surface area contributed by atoms with Gasteiger partial charge in [0, 0.05) is 0 Å². The van der Waals surface area contributed by atoms with Crippen LogP contribution in [0.3, 0.4) is 0 Å². The fourth-order valence-electron chi connectivity index (χ4n) is 4.69. The van der Waals surface area contributed by atoms with E-state index in [0.717, 1.165) is 6.42 Å². The number of hydrogen-bond acceptors (Lipinski definition) is 0. The second-order valence-electron chi connectivity index (χ2n) is 8.78. The van der Waals surface area contributed by atoms with Crippen molar-refractivity contribution in [2.75, 3.05) is 0 Å². The molecule has 0 fully saturated rings. The molecule has 3 heteroatoms. The minimum absolute atomic E-state index is 0. The minimum atomic E-state index is -2.06. The van der Waals surface area contributed by atoms with Crippen molar-refractivity contribution in [1.29, 1.82) is 0 Å². The smallest absolute Gasteiger partial charge is 1.00 e. The molecule has 4 rings (SSSR count). The Hall–Kier alpha value is -0.747. The molecule has 2 aromatic rings. The van der Waals surface area contributed by atoms with Crippen LogP contribution in [0, 0.1) is 5.41 Å². The summed E-state index contributed by atoms with van der Waals surface area (Å²) in [7, 11) is 0. The van der Waals surface area contributed by atoms with Crippen molar-refractivity contribution in [2.45, 2.75) is 53.9 Å². The monoisotopic (exact) mass is 502 g/mol. The van der Waals surface area contributed by atoms with Gasteiger partial charge in [0.05, 0.1) is 0 Å². The van der Waals surface area contributed by atoms with Gasteiger partial charge in [-0.25, -0.2) is 0 Å². The maximum absolute atomic E-state index is 2.47. The molecule has 0 amide bonds. The first kappa shape index (κ1) is 24.5. The van der Waals surface area contributed by atoms with Gasteiger partial charge in [-0.2, -0.15) is 0 Å². The van der Waals surface area contributed by atoms with Crippen LogP contribution in [0.4, 0.5) is 0 Å². The first-order chi connectivity index (χ1) is 12.9. The Balaban J connectivity index is 0.00000150. The van der Waals surface area contributed by atoms with Crippen molar-refractivity contribution < 1.29 is 46.1 Å². The summed E-state index contributed by atoms with van der Waals surface area (Å²) in [4.78, 5) is 0. The molecule has 0 nitrogen and oxygen atoms in total. The average molecular weight is 505 g/mol. The standard InChI is InChI=1S/C13H9.C10H15.C3H6.2ClH.Zr/c1-3-7-12-10(5-1)9-11-6-2-4-8-13(11)12;1-4-10(2,3)9-7-5-6-8-9;1-3-2;;;/h1-5,7-8H,9H2;5,7H,4,6H2,1-3H3;1-2H3;2*1H;/q;;;;;+2/p-2. The van der Waals surface area contributed by atoms with Gasteiger partial charge in [-0.05, 0) is 0 Å². The SMILES string of the molecule is CCC(C)(C)C1=[C]([Zr+2](=[C](C)C)[c]2cccc3c2Cc2ccccc2-3)CC=C1.[Cl-].[Cl-]. The van der Waals surface area contributed by atoms with Gasteiger partial charge >= 0.3 is 173 Å². The maximum Gasteiger partial charge on any atom is -1.00 e. The molecule has 0 spiro atoms. The van der Waals surface area contributed by atoms with Crippen LogP contribution in [0.1, 0.15) is 58.6 Å². The number of halogens is 2. The molecule has 0 radical (unpaired) electrons. The molecule has 0 atom stereocenters. The molecule has 2 aliphatic rings. The van der Waals surface area contributed by atoms with Crippen molar-refractivity contribution in [2.24, 2.45) is 5.41 Å². The van der Waals surface area contributed by atoms with E-state index in [4.69, 9.17) is 0 Å². The summed E-state index contributed by atoms with van der Waals surface area (Å²) in [5.74, 6) is 0. The van der Waals surface area contributed by atoms with Crippen LogP contribution in [0.5, 0.6) is 0 Å². The van der Waals surface area contributed by atoms with Gasteiger partial charge in [-0.3, -0.25) is 0 Å². The summed E-state index contributed by atoms with van der Waals surface area (Å²) in [5, 5.41) is 0. The fraction of sp³-hybridized carbons (Fsp3) is 0.346. The van der Waals surface area contributed by atoms with E-state index < -0.39 is 21.3 Å². The molecule has 152 valence electrons. The van der Waals surface area contributed by atoms with Crippen molar-refractivity contribution in [1.82, 2.24) is 0 Å². The summed E-state index contributed by atoms with van der Waals surface area (Å²) in [6.45, 7) is 12.0. The topological polar surface area (TPSA) is 0 Å². The van der Waals surface area contributed by atoms with E-state index in [-0.39, 0.29) is 30.2 Å². The third-order valence-electron chi connectivity index (χ3n) is 6.47. The third kappa shape index (κ3) is 4.34. The third-order valence-corrected chi connectivity index (χ3v) is 14.0. The fourth-order valence-corrected chi connectivity index (χ4v) is 12.7. The zero-order valence-corrected chi connectivity index (χ0v) is 22.0. The average Bonchev–Trinajstić information content (AvgIpc) is 3.27.